The minimum Gasteiger partial charge on any atom is -0.339 e. The lowest BCUT2D eigenvalue weighted by Gasteiger charge is -2.37. The molecule has 2 aromatic carbocycles. The second-order valence-electron chi connectivity index (χ2n) is 7.44. The summed E-state index contributed by atoms with van der Waals surface area (Å²) >= 11 is 0. The molecule has 1 N–H and O–H groups in total. The van der Waals surface area contributed by atoms with Crippen LogP contribution in [-0.4, -0.2) is 36.0 Å². The molecule has 148 valence electrons. The minimum absolute atomic E-state index is 0.00822. The van der Waals surface area contributed by atoms with Gasteiger partial charge in [-0.3, -0.25) is 9.59 Å². The average molecular weight is 382 g/mol. The van der Waals surface area contributed by atoms with Crippen molar-refractivity contribution >= 4 is 17.5 Å². The molecule has 1 fully saturated rings. The zero-order valence-electron chi connectivity index (χ0n) is 16.4. The Labute approximate surface area is 165 Å². The quantitative estimate of drug-likeness (QED) is 0.843. The van der Waals surface area contributed by atoms with Gasteiger partial charge in [0.2, 0.25) is 5.91 Å². The van der Waals surface area contributed by atoms with Crippen molar-refractivity contribution in [1.82, 2.24) is 4.90 Å². The Morgan fingerprint density at radius 2 is 1.79 bits per heavy atom. The Kier molecular flexibility index (Phi) is 6.45. The molecule has 2 aromatic rings. The molecule has 0 saturated carbocycles. The van der Waals surface area contributed by atoms with E-state index in [9.17, 15) is 14.0 Å². The summed E-state index contributed by atoms with van der Waals surface area (Å²) < 4.78 is 13.7. The Balaban J connectivity index is 1.80. The van der Waals surface area contributed by atoms with Crippen molar-refractivity contribution in [3.63, 3.8) is 0 Å². The number of carbonyl (C=O) groups excluding carboxylic acids is 2. The standard InChI is InChI=1S/C23H27FN2O2/c1-3-17-9-11-18(12-10-17)19-13-20(15-26(14-19)23(28)16(2)24)22(27)25-21-7-5-4-6-8-21/h4-12,16,19-20H,3,13-15H2,1-2H3,(H,25,27). The smallest absolute Gasteiger partial charge is 0.256 e. The van der Waals surface area contributed by atoms with Crippen LogP contribution in [-0.2, 0) is 16.0 Å². The fraction of sp³-hybridized carbons (Fsp3) is 0.391. The second-order valence-corrected chi connectivity index (χ2v) is 7.44. The lowest BCUT2D eigenvalue weighted by molar-refractivity contribution is -0.139. The number of aryl methyl sites for hydroxylation is 1. The Hall–Kier alpha value is -2.69. The van der Waals surface area contributed by atoms with E-state index in [1.165, 1.54) is 17.4 Å². The van der Waals surface area contributed by atoms with Crippen LogP contribution in [0.25, 0.3) is 0 Å². The van der Waals surface area contributed by atoms with Gasteiger partial charge in [-0.25, -0.2) is 4.39 Å². The van der Waals surface area contributed by atoms with E-state index in [1.54, 1.807) is 0 Å². The largest absolute Gasteiger partial charge is 0.339 e. The number of piperidine rings is 1. The monoisotopic (exact) mass is 382 g/mol. The normalized spacial score (nSPS) is 20.5. The number of likely N-dealkylation sites (tertiary alicyclic amines) is 1. The third-order valence-electron chi connectivity index (χ3n) is 5.37. The van der Waals surface area contributed by atoms with E-state index in [0.29, 0.717) is 13.0 Å². The number of amides is 2. The van der Waals surface area contributed by atoms with Crippen molar-refractivity contribution < 1.29 is 14.0 Å². The van der Waals surface area contributed by atoms with Crippen LogP contribution in [0.2, 0.25) is 0 Å². The van der Waals surface area contributed by atoms with Crippen LogP contribution < -0.4 is 5.32 Å². The number of anilines is 1. The molecule has 1 aliphatic heterocycles. The molecule has 28 heavy (non-hydrogen) atoms. The molecule has 0 radical (unpaired) electrons. The summed E-state index contributed by atoms with van der Waals surface area (Å²) in [6.45, 7) is 4.03. The summed E-state index contributed by atoms with van der Waals surface area (Å²) in [5.41, 5.74) is 3.04. The summed E-state index contributed by atoms with van der Waals surface area (Å²) in [5, 5.41) is 2.92. The molecular weight excluding hydrogens is 355 g/mol. The van der Waals surface area contributed by atoms with Crippen LogP contribution in [0.1, 0.15) is 37.3 Å². The predicted octanol–water partition coefficient (Wildman–Crippen LogP) is 4.18. The van der Waals surface area contributed by atoms with E-state index >= 15 is 0 Å². The lowest BCUT2D eigenvalue weighted by atomic mass is 9.83. The number of alkyl halides is 1. The summed E-state index contributed by atoms with van der Waals surface area (Å²) in [7, 11) is 0. The fourth-order valence-electron chi connectivity index (χ4n) is 3.75. The van der Waals surface area contributed by atoms with E-state index in [0.717, 1.165) is 17.7 Å². The molecule has 2 amide bonds. The molecule has 4 nitrogen and oxygen atoms in total. The second kappa shape index (κ2) is 9.00. The molecule has 3 rings (SSSR count). The van der Waals surface area contributed by atoms with Crippen LogP contribution in [0.3, 0.4) is 0 Å². The van der Waals surface area contributed by atoms with Gasteiger partial charge < -0.3 is 10.2 Å². The lowest BCUT2D eigenvalue weighted by Crippen LogP contribution is -2.48. The zero-order chi connectivity index (χ0) is 20.1. The Bertz CT molecular complexity index is 805. The van der Waals surface area contributed by atoms with Crippen molar-refractivity contribution in [2.24, 2.45) is 5.92 Å². The third kappa shape index (κ3) is 4.77. The summed E-state index contributed by atoms with van der Waals surface area (Å²) in [5.74, 6) is -1.06. The number of rotatable bonds is 5. The number of nitrogens with zero attached hydrogens (tertiary/aromatic N) is 1. The summed E-state index contributed by atoms with van der Waals surface area (Å²) in [6.07, 6.45) is 0.0186. The number of halogens is 1. The third-order valence-corrected chi connectivity index (χ3v) is 5.37. The van der Waals surface area contributed by atoms with Gasteiger partial charge in [-0.1, -0.05) is 49.4 Å². The van der Waals surface area contributed by atoms with Gasteiger partial charge in [-0.15, -0.1) is 0 Å². The van der Waals surface area contributed by atoms with Crippen LogP contribution in [0, 0.1) is 5.92 Å². The summed E-state index contributed by atoms with van der Waals surface area (Å²) in [4.78, 5) is 26.7. The fourth-order valence-corrected chi connectivity index (χ4v) is 3.75. The first-order valence-electron chi connectivity index (χ1n) is 9.85. The van der Waals surface area contributed by atoms with E-state index in [2.05, 4.69) is 36.5 Å². The molecule has 0 aliphatic carbocycles. The Morgan fingerprint density at radius 3 is 2.39 bits per heavy atom. The first-order chi connectivity index (χ1) is 13.5. The van der Waals surface area contributed by atoms with Gasteiger partial charge in [-0.05, 0) is 43.0 Å². The predicted molar refractivity (Wildman–Crippen MR) is 109 cm³/mol. The van der Waals surface area contributed by atoms with Crippen molar-refractivity contribution in [3.8, 4) is 0 Å². The SMILES string of the molecule is CCc1ccc(C2CC(C(=O)Nc3ccccc3)CN(C(=O)C(C)F)C2)cc1. The van der Waals surface area contributed by atoms with Gasteiger partial charge in [0.15, 0.2) is 6.17 Å². The molecule has 5 heteroatoms. The number of para-hydroxylation sites is 1. The maximum atomic E-state index is 13.7. The van der Waals surface area contributed by atoms with E-state index < -0.39 is 12.1 Å². The van der Waals surface area contributed by atoms with Crippen molar-refractivity contribution in [2.45, 2.75) is 38.8 Å². The highest BCUT2D eigenvalue weighted by atomic mass is 19.1. The minimum atomic E-state index is -1.57. The molecule has 3 atom stereocenters. The van der Waals surface area contributed by atoms with Crippen LogP contribution in [0.5, 0.6) is 0 Å². The topological polar surface area (TPSA) is 49.4 Å². The van der Waals surface area contributed by atoms with Gasteiger partial charge in [0.1, 0.15) is 0 Å². The molecular formula is C23H27FN2O2. The van der Waals surface area contributed by atoms with Gasteiger partial charge >= 0.3 is 0 Å². The molecule has 1 saturated heterocycles. The highest BCUT2D eigenvalue weighted by Crippen LogP contribution is 2.32. The molecule has 1 aliphatic rings. The van der Waals surface area contributed by atoms with Crippen molar-refractivity contribution in [3.05, 3.63) is 65.7 Å². The van der Waals surface area contributed by atoms with Crippen molar-refractivity contribution in [2.75, 3.05) is 18.4 Å². The van der Waals surface area contributed by atoms with Crippen LogP contribution >= 0.6 is 0 Å². The molecule has 0 aromatic heterocycles. The highest BCUT2D eigenvalue weighted by molar-refractivity contribution is 5.93. The molecule has 3 unspecified atom stereocenters. The average Bonchev–Trinajstić information content (AvgIpc) is 2.73. The number of carbonyl (C=O) groups is 2. The van der Waals surface area contributed by atoms with E-state index in [4.69, 9.17) is 0 Å². The number of hydrogen-bond acceptors (Lipinski definition) is 2. The van der Waals surface area contributed by atoms with Gasteiger partial charge in [-0.2, -0.15) is 0 Å². The van der Waals surface area contributed by atoms with Gasteiger partial charge in [0.05, 0.1) is 5.92 Å². The van der Waals surface area contributed by atoms with E-state index in [-0.39, 0.29) is 24.3 Å². The number of nitrogens with one attached hydrogen (secondary N) is 1. The Morgan fingerprint density at radius 1 is 1.11 bits per heavy atom. The van der Waals surface area contributed by atoms with Crippen LogP contribution in [0.4, 0.5) is 10.1 Å². The molecule has 1 heterocycles. The molecule has 0 spiro atoms. The highest BCUT2D eigenvalue weighted by Gasteiger charge is 2.35. The number of hydrogen-bond donors (Lipinski definition) is 1. The maximum absolute atomic E-state index is 13.7. The van der Waals surface area contributed by atoms with Gasteiger partial charge in [0.25, 0.3) is 5.91 Å². The zero-order valence-corrected chi connectivity index (χ0v) is 16.4. The van der Waals surface area contributed by atoms with Crippen molar-refractivity contribution in [1.29, 1.82) is 0 Å². The van der Waals surface area contributed by atoms with Crippen LogP contribution in [0.15, 0.2) is 54.6 Å². The van der Waals surface area contributed by atoms with Gasteiger partial charge in [0, 0.05) is 24.7 Å². The van der Waals surface area contributed by atoms with E-state index in [1.807, 2.05) is 30.3 Å². The summed E-state index contributed by atoms with van der Waals surface area (Å²) in [6, 6.07) is 17.5. The first kappa shape index (κ1) is 20.1. The maximum Gasteiger partial charge on any atom is 0.256 e. The number of benzene rings is 2. The first-order valence-corrected chi connectivity index (χ1v) is 9.85. The molecule has 0 bridgehead atoms.